The number of hydrogen-bond donors (Lipinski definition) is 2. The van der Waals surface area contributed by atoms with Crippen molar-refractivity contribution in [1.29, 1.82) is 0 Å². The molecule has 1 aliphatic rings. The van der Waals surface area contributed by atoms with Gasteiger partial charge in [0, 0.05) is 60.0 Å². The van der Waals surface area contributed by atoms with E-state index in [1.165, 1.54) is 29.5 Å². The fourth-order valence-corrected chi connectivity index (χ4v) is 5.62. The van der Waals surface area contributed by atoms with Gasteiger partial charge in [-0.15, -0.1) is 11.3 Å². The van der Waals surface area contributed by atoms with Gasteiger partial charge in [0.05, 0.1) is 21.9 Å². The van der Waals surface area contributed by atoms with Crippen LogP contribution >= 0.6 is 11.3 Å². The molecule has 0 radical (unpaired) electrons. The summed E-state index contributed by atoms with van der Waals surface area (Å²) >= 11 is 1.22. The third kappa shape index (κ3) is 4.54. The highest BCUT2D eigenvalue weighted by molar-refractivity contribution is 7.22. The normalized spacial score (nSPS) is 20.4. The monoisotopic (exact) mass is 494 g/mol. The highest BCUT2D eigenvalue weighted by Crippen LogP contribution is 2.36. The van der Waals surface area contributed by atoms with E-state index in [1.54, 1.807) is 30.6 Å². The molecule has 35 heavy (non-hydrogen) atoms. The first-order valence-corrected chi connectivity index (χ1v) is 12.1. The summed E-state index contributed by atoms with van der Waals surface area (Å²) in [6, 6.07) is 10.2. The quantitative estimate of drug-likeness (QED) is 0.404. The van der Waals surface area contributed by atoms with E-state index in [9.17, 15) is 18.7 Å². The number of nitrogens with two attached hydrogens (primary N) is 1. The van der Waals surface area contributed by atoms with Crippen LogP contribution in [0.1, 0.15) is 23.0 Å². The molecule has 4 heterocycles. The standard InChI is InChI=1S/C26H24F2N4O2S/c1-14-12-32(13-18(29)26(14)34)21-7-8-30-11-15(21)9-22(33)19-5-6-23-20(31-19)10-24(35-23)25-16(27)3-2-4-17(25)28/h2-8,10-11,14,18,26,34H,9,12-13,29H2,1H3/t14-,18+,26+/m0/s1. The lowest BCUT2D eigenvalue weighted by Gasteiger charge is -2.40. The lowest BCUT2D eigenvalue weighted by molar-refractivity contribution is 0.0784. The van der Waals surface area contributed by atoms with Gasteiger partial charge in [0.25, 0.3) is 0 Å². The van der Waals surface area contributed by atoms with E-state index in [0.29, 0.717) is 23.5 Å². The Kier molecular flexibility index (Phi) is 6.31. The van der Waals surface area contributed by atoms with Gasteiger partial charge in [-0.2, -0.15) is 0 Å². The van der Waals surface area contributed by atoms with Gasteiger partial charge in [-0.05, 0) is 36.4 Å². The van der Waals surface area contributed by atoms with Gasteiger partial charge in [-0.1, -0.05) is 13.0 Å². The zero-order chi connectivity index (χ0) is 24.7. The number of carbonyl (C=O) groups is 1. The molecule has 0 bridgehead atoms. The van der Waals surface area contributed by atoms with Crippen molar-refractivity contribution in [3.63, 3.8) is 0 Å². The van der Waals surface area contributed by atoms with E-state index in [0.717, 1.165) is 16.0 Å². The van der Waals surface area contributed by atoms with Gasteiger partial charge in [-0.25, -0.2) is 13.8 Å². The largest absolute Gasteiger partial charge is 0.391 e. The first-order valence-electron chi connectivity index (χ1n) is 11.3. The maximum absolute atomic E-state index is 14.2. The minimum Gasteiger partial charge on any atom is -0.391 e. The van der Waals surface area contributed by atoms with Crippen molar-refractivity contribution in [2.75, 3.05) is 18.0 Å². The number of hydrogen-bond acceptors (Lipinski definition) is 7. The molecule has 0 unspecified atom stereocenters. The van der Waals surface area contributed by atoms with Crippen LogP contribution in [-0.4, -0.2) is 46.1 Å². The number of carbonyl (C=O) groups excluding carboxylic acids is 1. The zero-order valence-corrected chi connectivity index (χ0v) is 19.8. The first kappa shape index (κ1) is 23.5. The van der Waals surface area contributed by atoms with Gasteiger partial charge in [-0.3, -0.25) is 9.78 Å². The Morgan fingerprint density at radius 3 is 2.71 bits per heavy atom. The number of aliphatic hydroxyl groups is 1. The fraction of sp³-hybridized carbons (Fsp3) is 0.269. The first-order chi connectivity index (χ1) is 16.8. The molecule has 6 nitrogen and oxygen atoms in total. The Labute approximate surface area is 205 Å². The summed E-state index contributed by atoms with van der Waals surface area (Å²) in [5.74, 6) is -1.49. The van der Waals surface area contributed by atoms with Gasteiger partial charge in [0.2, 0.25) is 0 Å². The zero-order valence-electron chi connectivity index (χ0n) is 19.0. The summed E-state index contributed by atoms with van der Waals surface area (Å²) < 4.78 is 29.2. The Balaban J connectivity index is 1.41. The number of halogens is 2. The van der Waals surface area contributed by atoms with E-state index in [2.05, 4.69) is 14.9 Å². The van der Waals surface area contributed by atoms with Crippen LogP contribution in [0.2, 0.25) is 0 Å². The lowest BCUT2D eigenvalue weighted by Crippen LogP contribution is -2.55. The number of piperidine rings is 1. The van der Waals surface area contributed by atoms with Crippen molar-refractivity contribution in [3.05, 3.63) is 77.8 Å². The maximum Gasteiger partial charge on any atom is 0.185 e. The van der Waals surface area contributed by atoms with E-state index in [-0.39, 0.29) is 35.4 Å². The Bertz CT molecular complexity index is 1380. The molecule has 0 spiro atoms. The van der Waals surface area contributed by atoms with Crippen molar-refractivity contribution in [1.82, 2.24) is 9.97 Å². The Hall–Kier alpha value is -3.27. The number of benzene rings is 1. The van der Waals surface area contributed by atoms with Gasteiger partial charge >= 0.3 is 0 Å². The molecular formula is C26H24F2N4O2S. The number of pyridine rings is 2. The molecule has 0 amide bonds. The summed E-state index contributed by atoms with van der Waals surface area (Å²) in [7, 11) is 0. The predicted molar refractivity (Wildman–Crippen MR) is 133 cm³/mol. The van der Waals surface area contributed by atoms with E-state index in [1.807, 2.05) is 13.0 Å². The second-order valence-electron chi connectivity index (χ2n) is 8.93. The molecule has 0 aliphatic carbocycles. The van der Waals surface area contributed by atoms with Gasteiger partial charge in [0.1, 0.15) is 17.3 Å². The minimum absolute atomic E-state index is 0.00776. The maximum atomic E-state index is 14.2. The molecule has 3 N–H and O–H groups in total. The van der Waals surface area contributed by atoms with E-state index < -0.39 is 17.7 Å². The fourth-order valence-electron chi connectivity index (χ4n) is 4.58. The second kappa shape index (κ2) is 9.41. The number of nitrogens with zero attached hydrogens (tertiary/aromatic N) is 3. The molecule has 1 fully saturated rings. The average molecular weight is 495 g/mol. The van der Waals surface area contributed by atoms with Crippen LogP contribution in [0.5, 0.6) is 0 Å². The molecule has 3 atom stereocenters. The molecule has 180 valence electrons. The Morgan fingerprint density at radius 1 is 1.20 bits per heavy atom. The lowest BCUT2D eigenvalue weighted by atomic mass is 9.92. The number of ketones is 1. The van der Waals surface area contributed by atoms with Gasteiger partial charge < -0.3 is 15.7 Å². The number of rotatable bonds is 5. The molecule has 1 aliphatic heterocycles. The molecule has 1 saturated heterocycles. The highest BCUT2D eigenvalue weighted by Gasteiger charge is 2.32. The number of aliphatic hydroxyl groups excluding tert-OH is 1. The summed E-state index contributed by atoms with van der Waals surface area (Å²) in [5, 5.41) is 10.2. The highest BCUT2D eigenvalue weighted by atomic mass is 32.1. The summed E-state index contributed by atoms with van der Waals surface area (Å²) in [6.45, 7) is 3.05. The summed E-state index contributed by atoms with van der Waals surface area (Å²) in [6.07, 6.45) is 2.85. The van der Waals surface area contributed by atoms with E-state index >= 15 is 0 Å². The van der Waals surface area contributed by atoms with Crippen molar-refractivity contribution >= 4 is 33.0 Å². The summed E-state index contributed by atoms with van der Waals surface area (Å²) in [4.78, 5) is 24.3. The van der Waals surface area contributed by atoms with Crippen molar-refractivity contribution in [2.45, 2.75) is 25.5 Å². The SMILES string of the molecule is C[C@H]1CN(c2ccncc2CC(=O)c2ccc3sc(-c4c(F)cccc4F)cc3n2)C[C@@H](N)[C@@H]1O. The molecule has 4 aromatic rings. The average Bonchev–Trinajstić information content (AvgIpc) is 3.25. The van der Waals surface area contributed by atoms with Crippen LogP contribution in [0.3, 0.4) is 0 Å². The van der Waals surface area contributed by atoms with Crippen LogP contribution in [0.25, 0.3) is 20.7 Å². The molecule has 1 aromatic carbocycles. The summed E-state index contributed by atoms with van der Waals surface area (Å²) in [5.41, 5.74) is 8.41. The molecule has 3 aromatic heterocycles. The number of aromatic nitrogens is 2. The smallest absolute Gasteiger partial charge is 0.185 e. The second-order valence-corrected chi connectivity index (χ2v) is 10.0. The van der Waals surface area contributed by atoms with Crippen molar-refractivity contribution in [3.8, 4) is 10.4 Å². The number of Topliss-reactive ketones (excluding diaryl/α,β-unsaturated/α-hetero) is 1. The van der Waals surface area contributed by atoms with Crippen LogP contribution in [-0.2, 0) is 6.42 Å². The van der Waals surface area contributed by atoms with E-state index in [4.69, 9.17) is 5.73 Å². The van der Waals surface area contributed by atoms with Gasteiger partial charge in [0.15, 0.2) is 5.78 Å². The third-order valence-electron chi connectivity index (χ3n) is 6.40. The molecule has 0 saturated carbocycles. The predicted octanol–water partition coefficient (Wildman–Crippen LogP) is 4.21. The molecular weight excluding hydrogens is 470 g/mol. The number of fused-ring (bicyclic) bond motifs is 1. The van der Waals surface area contributed by atoms with Crippen LogP contribution in [0, 0.1) is 17.6 Å². The Morgan fingerprint density at radius 2 is 1.97 bits per heavy atom. The minimum atomic E-state index is -0.642. The van der Waals surface area contributed by atoms with Crippen LogP contribution in [0.4, 0.5) is 14.5 Å². The van der Waals surface area contributed by atoms with Crippen molar-refractivity contribution in [2.24, 2.45) is 11.7 Å². The molecule has 5 rings (SSSR count). The third-order valence-corrected chi connectivity index (χ3v) is 7.51. The number of thiophene rings is 1. The van der Waals surface area contributed by atoms with Crippen LogP contribution in [0.15, 0.2) is 54.9 Å². The van der Waals surface area contributed by atoms with Crippen molar-refractivity contribution < 1.29 is 18.7 Å². The van der Waals surface area contributed by atoms with Crippen LogP contribution < -0.4 is 10.6 Å². The topological polar surface area (TPSA) is 92.3 Å². The number of anilines is 1. The molecule has 9 heteroatoms.